The van der Waals surface area contributed by atoms with Crippen molar-refractivity contribution in [2.75, 3.05) is 21.3 Å². The third kappa shape index (κ3) is 3.81. The van der Waals surface area contributed by atoms with Crippen LogP contribution >= 0.6 is 0 Å². The van der Waals surface area contributed by atoms with Crippen LogP contribution in [0.4, 0.5) is 0 Å². The van der Waals surface area contributed by atoms with Gasteiger partial charge in [0, 0.05) is 23.5 Å². The van der Waals surface area contributed by atoms with Crippen LogP contribution in [0, 0.1) is 0 Å². The van der Waals surface area contributed by atoms with Gasteiger partial charge in [0.05, 0.1) is 27.0 Å². The summed E-state index contributed by atoms with van der Waals surface area (Å²) in [6.07, 6.45) is 3.34. The summed E-state index contributed by atoms with van der Waals surface area (Å²) in [6.45, 7) is 1.78. The number of rotatable bonds is 6. The minimum Gasteiger partial charge on any atom is -0.493 e. The highest BCUT2D eigenvalue weighted by Crippen LogP contribution is 2.38. The Hall–Kier alpha value is -3.09. The van der Waals surface area contributed by atoms with Crippen LogP contribution in [-0.2, 0) is 0 Å². The van der Waals surface area contributed by atoms with Gasteiger partial charge in [0.2, 0.25) is 5.75 Å². The number of benzene rings is 1. The van der Waals surface area contributed by atoms with Crippen molar-refractivity contribution in [3.05, 3.63) is 47.8 Å². The second-order valence-corrected chi connectivity index (χ2v) is 4.79. The Balaban J connectivity index is 2.24. The van der Waals surface area contributed by atoms with Gasteiger partial charge in [-0.25, -0.2) is 5.43 Å². The minimum atomic E-state index is -0.391. The Labute approximate surface area is 140 Å². The number of methoxy groups -OCH3 is 3. The topological polar surface area (TPSA) is 82.0 Å². The van der Waals surface area contributed by atoms with E-state index in [0.717, 1.165) is 5.56 Å². The normalized spacial score (nSPS) is 10.9. The summed E-state index contributed by atoms with van der Waals surface area (Å²) in [5.41, 5.74) is 4.31. The van der Waals surface area contributed by atoms with Crippen molar-refractivity contribution in [2.24, 2.45) is 5.10 Å². The van der Waals surface area contributed by atoms with Crippen LogP contribution in [0.15, 0.2) is 41.8 Å². The number of hydrogen-bond donors (Lipinski definition) is 1. The van der Waals surface area contributed by atoms with Crippen molar-refractivity contribution in [3.8, 4) is 17.2 Å². The van der Waals surface area contributed by atoms with E-state index in [0.29, 0.717) is 28.5 Å². The molecule has 0 radical (unpaired) electrons. The van der Waals surface area contributed by atoms with Crippen LogP contribution in [0.3, 0.4) is 0 Å². The molecular weight excluding hydrogens is 310 g/mol. The van der Waals surface area contributed by atoms with Crippen LogP contribution in [-0.4, -0.2) is 37.9 Å². The molecule has 1 aromatic carbocycles. The molecule has 0 aliphatic carbocycles. The molecule has 2 aromatic rings. The van der Waals surface area contributed by atoms with Crippen molar-refractivity contribution < 1.29 is 19.0 Å². The van der Waals surface area contributed by atoms with Crippen molar-refractivity contribution in [1.29, 1.82) is 0 Å². The first-order valence-electron chi connectivity index (χ1n) is 7.15. The maximum absolute atomic E-state index is 12.3. The molecule has 7 heteroatoms. The molecule has 0 saturated carbocycles. The average Bonchev–Trinajstić information content (AvgIpc) is 2.65. The number of aromatic nitrogens is 1. The number of nitrogens with zero attached hydrogens (tertiary/aromatic N) is 2. The molecule has 0 unspecified atom stereocenters. The summed E-state index contributed by atoms with van der Waals surface area (Å²) in [5, 5.41) is 4.09. The van der Waals surface area contributed by atoms with E-state index in [1.54, 1.807) is 37.5 Å². The predicted octanol–water partition coefficient (Wildman–Crippen LogP) is 2.26. The summed E-state index contributed by atoms with van der Waals surface area (Å²) in [6, 6.07) is 6.78. The molecule has 24 heavy (non-hydrogen) atoms. The number of hydrazone groups is 1. The molecule has 1 N–H and O–H groups in total. The third-order valence-corrected chi connectivity index (χ3v) is 3.33. The fraction of sp³-hybridized carbons (Fsp3) is 0.235. The van der Waals surface area contributed by atoms with Crippen LogP contribution in [0.1, 0.15) is 22.8 Å². The van der Waals surface area contributed by atoms with Gasteiger partial charge in [-0.15, -0.1) is 0 Å². The number of pyridine rings is 1. The molecule has 0 atom stereocenters. The monoisotopic (exact) mass is 329 g/mol. The Morgan fingerprint density at radius 1 is 1.08 bits per heavy atom. The maximum Gasteiger partial charge on any atom is 0.271 e. The molecule has 0 saturated heterocycles. The summed E-state index contributed by atoms with van der Waals surface area (Å²) in [7, 11) is 4.48. The first kappa shape index (κ1) is 17.3. The van der Waals surface area contributed by atoms with E-state index < -0.39 is 5.91 Å². The number of nitrogens with one attached hydrogen (secondary N) is 1. The summed E-state index contributed by atoms with van der Waals surface area (Å²) in [4.78, 5) is 16.3. The van der Waals surface area contributed by atoms with E-state index in [-0.39, 0.29) is 0 Å². The van der Waals surface area contributed by atoms with Crippen molar-refractivity contribution in [1.82, 2.24) is 10.4 Å². The SMILES string of the molecule is COc1cc(C(=O)N/N=C(/C)c2cccnc2)cc(OC)c1OC. The molecular formula is C17H19N3O4. The predicted molar refractivity (Wildman–Crippen MR) is 90.0 cm³/mol. The van der Waals surface area contributed by atoms with E-state index in [1.807, 2.05) is 6.07 Å². The molecule has 0 spiro atoms. The molecule has 1 heterocycles. The van der Waals surface area contributed by atoms with Gasteiger partial charge >= 0.3 is 0 Å². The smallest absolute Gasteiger partial charge is 0.271 e. The number of amides is 1. The Kier molecular flexibility index (Phi) is 5.73. The van der Waals surface area contributed by atoms with E-state index in [2.05, 4.69) is 15.5 Å². The second kappa shape index (κ2) is 7.96. The van der Waals surface area contributed by atoms with E-state index in [9.17, 15) is 4.79 Å². The Bertz CT molecular complexity index is 720. The molecule has 7 nitrogen and oxygen atoms in total. The largest absolute Gasteiger partial charge is 0.493 e. The van der Waals surface area contributed by atoms with Gasteiger partial charge in [0.1, 0.15) is 0 Å². The maximum atomic E-state index is 12.3. The zero-order valence-electron chi connectivity index (χ0n) is 14.0. The first-order chi connectivity index (χ1) is 11.6. The highest BCUT2D eigenvalue weighted by Gasteiger charge is 2.16. The average molecular weight is 329 g/mol. The van der Waals surface area contributed by atoms with Gasteiger partial charge in [-0.1, -0.05) is 6.07 Å². The van der Waals surface area contributed by atoms with Crippen molar-refractivity contribution in [3.63, 3.8) is 0 Å². The molecule has 1 aromatic heterocycles. The fourth-order valence-electron chi connectivity index (χ4n) is 2.05. The lowest BCUT2D eigenvalue weighted by atomic mass is 10.1. The third-order valence-electron chi connectivity index (χ3n) is 3.33. The Morgan fingerprint density at radius 2 is 1.75 bits per heavy atom. The molecule has 0 bridgehead atoms. The molecule has 2 rings (SSSR count). The lowest BCUT2D eigenvalue weighted by Crippen LogP contribution is -2.19. The quantitative estimate of drug-likeness (QED) is 0.649. The summed E-state index contributed by atoms with van der Waals surface area (Å²) >= 11 is 0. The van der Waals surface area contributed by atoms with Gasteiger partial charge < -0.3 is 14.2 Å². The van der Waals surface area contributed by atoms with Gasteiger partial charge in [0.25, 0.3) is 5.91 Å². The molecule has 0 fully saturated rings. The molecule has 126 valence electrons. The minimum absolute atomic E-state index is 0.340. The van der Waals surface area contributed by atoms with E-state index >= 15 is 0 Å². The lowest BCUT2D eigenvalue weighted by Gasteiger charge is -2.13. The van der Waals surface area contributed by atoms with Gasteiger partial charge in [-0.05, 0) is 25.1 Å². The molecule has 0 aliphatic rings. The standard InChI is InChI=1S/C17H19N3O4/c1-11(12-6-5-7-18-10-12)19-20-17(21)13-8-14(22-2)16(24-4)15(9-13)23-3/h5-10H,1-4H3,(H,20,21)/b19-11-. The van der Waals surface area contributed by atoms with E-state index in [4.69, 9.17) is 14.2 Å². The summed E-state index contributed by atoms with van der Waals surface area (Å²) < 4.78 is 15.7. The number of hydrogen-bond acceptors (Lipinski definition) is 6. The van der Waals surface area contributed by atoms with Crippen molar-refractivity contribution >= 4 is 11.6 Å². The number of carbonyl (C=O) groups is 1. The number of ether oxygens (including phenoxy) is 3. The second-order valence-electron chi connectivity index (χ2n) is 4.79. The van der Waals surface area contributed by atoms with E-state index in [1.165, 1.54) is 21.3 Å². The zero-order valence-corrected chi connectivity index (χ0v) is 14.0. The number of carbonyl (C=O) groups excluding carboxylic acids is 1. The van der Waals surface area contributed by atoms with Gasteiger partial charge in [-0.2, -0.15) is 5.10 Å². The van der Waals surface area contributed by atoms with Crippen LogP contribution in [0.5, 0.6) is 17.2 Å². The molecule has 0 aliphatic heterocycles. The Morgan fingerprint density at radius 3 is 2.25 bits per heavy atom. The van der Waals surface area contributed by atoms with Gasteiger partial charge in [-0.3, -0.25) is 9.78 Å². The molecule has 1 amide bonds. The van der Waals surface area contributed by atoms with Gasteiger partial charge in [0.15, 0.2) is 11.5 Å². The highest BCUT2D eigenvalue weighted by molar-refractivity contribution is 6.01. The lowest BCUT2D eigenvalue weighted by molar-refractivity contribution is 0.0954. The summed E-state index contributed by atoms with van der Waals surface area (Å²) in [5.74, 6) is 0.828. The zero-order chi connectivity index (χ0) is 17.5. The van der Waals surface area contributed by atoms with Crippen molar-refractivity contribution in [2.45, 2.75) is 6.92 Å². The highest BCUT2D eigenvalue weighted by atomic mass is 16.5. The van der Waals surface area contributed by atoms with Crippen LogP contribution in [0.25, 0.3) is 0 Å². The van der Waals surface area contributed by atoms with Crippen LogP contribution < -0.4 is 19.6 Å². The van der Waals surface area contributed by atoms with Crippen LogP contribution in [0.2, 0.25) is 0 Å². The fourth-order valence-corrected chi connectivity index (χ4v) is 2.05. The first-order valence-corrected chi connectivity index (χ1v) is 7.15.